The summed E-state index contributed by atoms with van der Waals surface area (Å²) < 4.78 is 10.5. The van der Waals surface area contributed by atoms with Gasteiger partial charge in [-0.1, -0.05) is 0 Å². The molecule has 0 saturated carbocycles. The van der Waals surface area contributed by atoms with Gasteiger partial charge in [-0.3, -0.25) is 4.79 Å². The van der Waals surface area contributed by atoms with Gasteiger partial charge in [0.1, 0.15) is 0 Å². The van der Waals surface area contributed by atoms with Crippen molar-refractivity contribution in [3.63, 3.8) is 0 Å². The number of ketones is 1. The minimum Gasteiger partial charge on any atom is -0.454 e. The van der Waals surface area contributed by atoms with Crippen molar-refractivity contribution in [2.24, 2.45) is 0 Å². The Morgan fingerprint density at radius 2 is 2.07 bits per heavy atom. The summed E-state index contributed by atoms with van der Waals surface area (Å²) in [5.74, 6) is 1.46. The second kappa shape index (κ2) is 2.76. The standard InChI is InChI=1S/C11H9NO3/c1-6(13)8-4-12-9-3-11-10(2-7(8)9)14-5-15-11/h2-4,12H,5H2,1H3. The zero-order chi connectivity index (χ0) is 10.4. The van der Waals surface area contributed by atoms with Crippen molar-refractivity contribution in [2.75, 3.05) is 6.79 Å². The summed E-state index contributed by atoms with van der Waals surface area (Å²) in [4.78, 5) is 14.4. The summed E-state index contributed by atoms with van der Waals surface area (Å²) in [6.07, 6.45) is 1.71. The highest BCUT2D eigenvalue weighted by atomic mass is 16.7. The van der Waals surface area contributed by atoms with E-state index in [1.165, 1.54) is 0 Å². The van der Waals surface area contributed by atoms with Crippen LogP contribution >= 0.6 is 0 Å². The van der Waals surface area contributed by atoms with E-state index in [1.54, 1.807) is 13.1 Å². The van der Waals surface area contributed by atoms with Crippen LogP contribution in [0.2, 0.25) is 0 Å². The first-order valence-electron chi connectivity index (χ1n) is 4.67. The number of rotatable bonds is 1. The van der Waals surface area contributed by atoms with Crippen molar-refractivity contribution in [2.45, 2.75) is 6.92 Å². The summed E-state index contributed by atoms with van der Waals surface area (Å²) >= 11 is 0. The van der Waals surface area contributed by atoms with E-state index in [-0.39, 0.29) is 12.6 Å². The molecule has 0 saturated heterocycles. The van der Waals surface area contributed by atoms with Crippen molar-refractivity contribution in [1.29, 1.82) is 0 Å². The Morgan fingerprint density at radius 1 is 1.33 bits per heavy atom. The maximum absolute atomic E-state index is 11.3. The van der Waals surface area contributed by atoms with Gasteiger partial charge in [0.25, 0.3) is 0 Å². The molecule has 0 radical (unpaired) electrons. The molecule has 0 fully saturated rings. The number of hydrogen-bond donors (Lipinski definition) is 1. The molecule has 76 valence electrons. The third-order valence-electron chi connectivity index (χ3n) is 2.55. The third-order valence-corrected chi connectivity index (χ3v) is 2.55. The Kier molecular flexibility index (Phi) is 1.54. The van der Waals surface area contributed by atoms with Crippen molar-refractivity contribution in [3.8, 4) is 11.5 Å². The van der Waals surface area contributed by atoms with Crippen molar-refractivity contribution in [1.82, 2.24) is 4.98 Å². The van der Waals surface area contributed by atoms with E-state index in [0.29, 0.717) is 11.3 Å². The summed E-state index contributed by atoms with van der Waals surface area (Å²) in [6, 6.07) is 3.69. The number of Topliss-reactive ketones (excluding diaryl/α,β-unsaturated/α-hetero) is 1. The number of aromatic amines is 1. The number of aromatic nitrogens is 1. The zero-order valence-corrected chi connectivity index (χ0v) is 8.16. The highest BCUT2D eigenvalue weighted by Gasteiger charge is 2.17. The third kappa shape index (κ3) is 1.11. The monoisotopic (exact) mass is 203 g/mol. The lowest BCUT2D eigenvalue weighted by Gasteiger charge is -1.97. The maximum atomic E-state index is 11.3. The quantitative estimate of drug-likeness (QED) is 0.722. The molecule has 1 aromatic heterocycles. The minimum atomic E-state index is 0.0418. The Bertz CT molecular complexity index is 556. The number of benzene rings is 1. The molecule has 1 aliphatic heterocycles. The van der Waals surface area contributed by atoms with Crippen LogP contribution in [0.15, 0.2) is 18.3 Å². The molecule has 1 aliphatic rings. The lowest BCUT2D eigenvalue weighted by atomic mass is 10.1. The van der Waals surface area contributed by atoms with Crippen LogP contribution < -0.4 is 9.47 Å². The van der Waals surface area contributed by atoms with Crippen LogP contribution in [0.5, 0.6) is 11.5 Å². The Hall–Kier alpha value is -1.97. The smallest absolute Gasteiger partial charge is 0.231 e. The van der Waals surface area contributed by atoms with Crippen molar-refractivity contribution in [3.05, 3.63) is 23.9 Å². The highest BCUT2D eigenvalue weighted by Crippen LogP contribution is 2.36. The molecule has 0 aliphatic carbocycles. The lowest BCUT2D eigenvalue weighted by Crippen LogP contribution is -1.93. The molecule has 2 aromatic rings. The van der Waals surface area contributed by atoms with E-state index in [0.717, 1.165) is 16.7 Å². The van der Waals surface area contributed by atoms with Gasteiger partial charge >= 0.3 is 0 Å². The SMILES string of the molecule is CC(=O)c1c[nH]c2cc3c(cc12)OCO3. The second-order valence-electron chi connectivity index (χ2n) is 3.51. The van der Waals surface area contributed by atoms with Gasteiger partial charge in [-0.2, -0.15) is 0 Å². The average molecular weight is 203 g/mol. The molecule has 4 nitrogen and oxygen atoms in total. The predicted octanol–water partition coefficient (Wildman–Crippen LogP) is 2.10. The van der Waals surface area contributed by atoms with Crippen molar-refractivity contribution < 1.29 is 14.3 Å². The van der Waals surface area contributed by atoms with E-state index in [1.807, 2.05) is 12.1 Å². The Labute approximate surface area is 85.8 Å². The van der Waals surface area contributed by atoms with E-state index < -0.39 is 0 Å². The molecule has 0 unspecified atom stereocenters. The van der Waals surface area contributed by atoms with E-state index in [2.05, 4.69) is 4.98 Å². The molecule has 1 N–H and O–H groups in total. The van der Waals surface area contributed by atoms with Crippen LogP contribution in [0.25, 0.3) is 10.9 Å². The summed E-state index contributed by atoms with van der Waals surface area (Å²) in [5.41, 5.74) is 1.58. The zero-order valence-electron chi connectivity index (χ0n) is 8.16. The van der Waals surface area contributed by atoms with E-state index in [9.17, 15) is 4.79 Å². The number of ether oxygens (including phenoxy) is 2. The van der Waals surface area contributed by atoms with Crippen LogP contribution in [0.1, 0.15) is 17.3 Å². The number of fused-ring (bicyclic) bond motifs is 2. The number of nitrogens with one attached hydrogen (secondary N) is 1. The first-order valence-corrected chi connectivity index (χ1v) is 4.67. The van der Waals surface area contributed by atoms with Crippen molar-refractivity contribution >= 4 is 16.7 Å². The molecule has 1 aromatic carbocycles. The van der Waals surface area contributed by atoms with Gasteiger partial charge in [0.2, 0.25) is 6.79 Å². The normalized spacial score (nSPS) is 13.4. The summed E-state index contributed by atoms with van der Waals surface area (Å²) in [5, 5.41) is 0.881. The fourth-order valence-corrected chi connectivity index (χ4v) is 1.80. The number of hydrogen-bond acceptors (Lipinski definition) is 3. The molecule has 2 heterocycles. The summed E-state index contributed by atoms with van der Waals surface area (Å²) in [6.45, 7) is 1.80. The topological polar surface area (TPSA) is 51.3 Å². The fourth-order valence-electron chi connectivity index (χ4n) is 1.80. The van der Waals surface area contributed by atoms with Gasteiger partial charge < -0.3 is 14.5 Å². The fraction of sp³-hybridized carbons (Fsp3) is 0.182. The largest absolute Gasteiger partial charge is 0.454 e. The van der Waals surface area contributed by atoms with Crippen LogP contribution in [-0.4, -0.2) is 17.6 Å². The molecule has 4 heteroatoms. The molecule has 3 rings (SSSR count). The number of carbonyl (C=O) groups excluding carboxylic acids is 1. The van der Waals surface area contributed by atoms with E-state index >= 15 is 0 Å². The molecule has 0 bridgehead atoms. The first kappa shape index (κ1) is 8.35. The molecule has 0 atom stereocenters. The molecule has 0 amide bonds. The van der Waals surface area contributed by atoms with Gasteiger partial charge in [0.05, 0.1) is 5.52 Å². The molecular weight excluding hydrogens is 194 g/mol. The maximum Gasteiger partial charge on any atom is 0.231 e. The van der Waals surface area contributed by atoms with Gasteiger partial charge in [0, 0.05) is 23.2 Å². The average Bonchev–Trinajstić information content (AvgIpc) is 2.77. The van der Waals surface area contributed by atoms with Crippen LogP contribution in [0.4, 0.5) is 0 Å². The molecular formula is C11H9NO3. The van der Waals surface area contributed by atoms with Gasteiger partial charge in [-0.25, -0.2) is 0 Å². The van der Waals surface area contributed by atoms with Crippen LogP contribution in [-0.2, 0) is 0 Å². The number of carbonyl (C=O) groups is 1. The second-order valence-corrected chi connectivity index (χ2v) is 3.51. The Balaban J connectivity index is 2.31. The van der Waals surface area contributed by atoms with Gasteiger partial charge in [-0.05, 0) is 13.0 Å². The lowest BCUT2D eigenvalue weighted by molar-refractivity contribution is 0.101. The van der Waals surface area contributed by atoms with Crippen LogP contribution in [0, 0.1) is 0 Å². The first-order chi connectivity index (χ1) is 7.25. The number of H-pyrrole nitrogens is 1. The summed E-state index contributed by atoms with van der Waals surface area (Å²) in [7, 11) is 0. The van der Waals surface area contributed by atoms with Gasteiger partial charge in [-0.15, -0.1) is 0 Å². The predicted molar refractivity (Wildman–Crippen MR) is 54.4 cm³/mol. The molecule has 15 heavy (non-hydrogen) atoms. The van der Waals surface area contributed by atoms with Gasteiger partial charge in [0.15, 0.2) is 17.3 Å². The Morgan fingerprint density at radius 3 is 2.80 bits per heavy atom. The van der Waals surface area contributed by atoms with E-state index in [4.69, 9.17) is 9.47 Å². The molecule has 0 spiro atoms. The van der Waals surface area contributed by atoms with Crippen LogP contribution in [0.3, 0.4) is 0 Å². The highest BCUT2D eigenvalue weighted by molar-refractivity contribution is 6.07. The minimum absolute atomic E-state index is 0.0418.